The Labute approximate surface area is 216 Å². The number of esters is 1. The predicted octanol–water partition coefficient (Wildman–Crippen LogP) is 4.02. The molecule has 0 unspecified atom stereocenters. The second kappa shape index (κ2) is 8.08. The highest BCUT2D eigenvalue weighted by molar-refractivity contribution is 5.66. The lowest BCUT2D eigenvalue weighted by atomic mass is 9.39. The van der Waals surface area contributed by atoms with Gasteiger partial charge in [-0.15, -0.1) is 0 Å². The minimum absolute atomic E-state index is 0.0167. The van der Waals surface area contributed by atoms with Crippen LogP contribution in [0.25, 0.3) is 11.3 Å². The van der Waals surface area contributed by atoms with Crippen molar-refractivity contribution in [3.8, 4) is 22.8 Å². The van der Waals surface area contributed by atoms with Crippen LogP contribution in [0.4, 0.5) is 0 Å². The monoisotopic (exact) mass is 512 g/mol. The second-order valence-corrected chi connectivity index (χ2v) is 11.9. The molecular weight excluding hydrogens is 476 g/mol. The summed E-state index contributed by atoms with van der Waals surface area (Å²) < 4.78 is 23.0. The van der Waals surface area contributed by atoms with Gasteiger partial charge in [0.15, 0.2) is 0 Å². The summed E-state index contributed by atoms with van der Waals surface area (Å²) in [6, 6.07) is 8.87. The van der Waals surface area contributed by atoms with Crippen molar-refractivity contribution in [2.75, 3.05) is 7.11 Å². The van der Waals surface area contributed by atoms with Crippen LogP contribution in [0.2, 0.25) is 0 Å². The summed E-state index contributed by atoms with van der Waals surface area (Å²) in [7, 11) is 1.58. The lowest BCUT2D eigenvalue weighted by molar-refractivity contribution is -0.341. The van der Waals surface area contributed by atoms with Gasteiger partial charge in [-0.25, -0.2) is 4.79 Å². The maximum Gasteiger partial charge on any atom is 0.343 e. The van der Waals surface area contributed by atoms with E-state index in [4.69, 9.17) is 18.6 Å². The molecule has 8 heteroatoms. The molecule has 0 amide bonds. The molecule has 2 saturated carbocycles. The van der Waals surface area contributed by atoms with Crippen molar-refractivity contribution in [3.05, 3.63) is 46.3 Å². The third-order valence-corrected chi connectivity index (χ3v) is 9.90. The number of ether oxygens (including phenoxy) is 3. The number of hydrogen-bond donors (Lipinski definition) is 2. The third kappa shape index (κ3) is 3.34. The third-order valence-electron chi connectivity index (χ3n) is 9.90. The SMILES string of the molecule is COc1ccc(-c2cc3c(c(=O)o2)C[C@]2(O)[C@@]4(C)CC[C@@H](OC(C)=O)C(C)(C)[C@]4(O)CC[C@@]2(C)O3)cc1. The van der Waals surface area contributed by atoms with E-state index in [1.165, 1.54) is 6.92 Å². The number of benzene rings is 1. The molecule has 0 spiro atoms. The Morgan fingerprint density at radius 1 is 1.03 bits per heavy atom. The smallest absolute Gasteiger partial charge is 0.343 e. The van der Waals surface area contributed by atoms with Crippen LogP contribution in [0.3, 0.4) is 0 Å². The van der Waals surface area contributed by atoms with Gasteiger partial charge in [0.2, 0.25) is 0 Å². The zero-order valence-electron chi connectivity index (χ0n) is 22.3. The molecule has 1 aromatic carbocycles. The molecule has 0 bridgehead atoms. The Hall–Kier alpha value is -2.84. The van der Waals surface area contributed by atoms with Crippen LogP contribution < -0.4 is 15.1 Å². The molecule has 0 radical (unpaired) electrons. The van der Waals surface area contributed by atoms with Crippen LogP contribution in [0.5, 0.6) is 11.5 Å². The van der Waals surface area contributed by atoms with E-state index < -0.39 is 45.3 Å². The van der Waals surface area contributed by atoms with Gasteiger partial charge in [-0.1, -0.05) is 20.8 Å². The van der Waals surface area contributed by atoms with E-state index >= 15 is 0 Å². The number of methoxy groups -OCH3 is 1. The van der Waals surface area contributed by atoms with E-state index in [0.29, 0.717) is 48.5 Å². The topological polar surface area (TPSA) is 115 Å². The molecule has 2 heterocycles. The highest BCUT2D eigenvalue weighted by Crippen LogP contribution is 2.68. The van der Waals surface area contributed by atoms with Gasteiger partial charge >= 0.3 is 11.6 Å². The molecule has 2 aliphatic carbocycles. The molecule has 1 aliphatic heterocycles. The quantitative estimate of drug-likeness (QED) is 0.593. The van der Waals surface area contributed by atoms with Gasteiger partial charge in [0.1, 0.15) is 34.6 Å². The van der Waals surface area contributed by atoms with E-state index in [1.54, 1.807) is 37.4 Å². The molecule has 2 aromatic rings. The van der Waals surface area contributed by atoms with Crippen LogP contribution >= 0.6 is 0 Å². The number of carbonyl (C=O) groups excluding carboxylic acids is 1. The maximum atomic E-state index is 13.2. The first kappa shape index (κ1) is 25.8. The number of fused-ring (bicyclic) bond motifs is 4. The van der Waals surface area contributed by atoms with Crippen molar-refractivity contribution in [2.24, 2.45) is 10.8 Å². The molecule has 5 rings (SSSR count). The summed E-state index contributed by atoms with van der Waals surface area (Å²) >= 11 is 0. The van der Waals surface area contributed by atoms with Crippen molar-refractivity contribution in [1.29, 1.82) is 0 Å². The van der Waals surface area contributed by atoms with Gasteiger partial charge in [0.05, 0.1) is 18.3 Å². The van der Waals surface area contributed by atoms with E-state index in [2.05, 4.69) is 0 Å². The van der Waals surface area contributed by atoms with Gasteiger partial charge in [-0.05, 0) is 56.9 Å². The highest BCUT2D eigenvalue weighted by atomic mass is 16.5. The number of rotatable bonds is 3. The summed E-state index contributed by atoms with van der Waals surface area (Å²) in [4.78, 5) is 25.0. The fourth-order valence-corrected chi connectivity index (χ4v) is 7.39. The van der Waals surface area contributed by atoms with Crippen LogP contribution in [0, 0.1) is 10.8 Å². The summed E-state index contributed by atoms with van der Waals surface area (Å²) in [5, 5.41) is 24.8. The summed E-state index contributed by atoms with van der Waals surface area (Å²) in [6.07, 6.45) is 1.05. The van der Waals surface area contributed by atoms with E-state index in [-0.39, 0.29) is 12.0 Å². The van der Waals surface area contributed by atoms with Gasteiger partial charge in [0, 0.05) is 35.8 Å². The zero-order chi connectivity index (χ0) is 27.0. The lowest BCUT2D eigenvalue weighted by Crippen LogP contribution is -2.81. The van der Waals surface area contributed by atoms with Crippen LogP contribution in [-0.2, 0) is 16.0 Å². The molecule has 8 nitrogen and oxygen atoms in total. The molecule has 5 atom stereocenters. The Kier molecular flexibility index (Phi) is 5.63. The summed E-state index contributed by atoms with van der Waals surface area (Å²) in [5.41, 5.74) is -5.53. The van der Waals surface area contributed by atoms with Crippen molar-refractivity contribution >= 4 is 5.97 Å². The van der Waals surface area contributed by atoms with Crippen LogP contribution in [-0.4, -0.2) is 46.2 Å². The molecule has 0 saturated heterocycles. The minimum atomic E-state index is -1.57. The van der Waals surface area contributed by atoms with E-state index in [9.17, 15) is 19.8 Å². The second-order valence-electron chi connectivity index (χ2n) is 11.9. The molecule has 2 fully saturated rings. The van der Waals surface area contributed by atoms with E-state index in [0.717, 1.165) is 0 Å². The first-order chi connectivity index (χ1) is 17.2. The average Bonchev–Trinajstić information content (AvgIpc) is 2.84. The number of hydrogen-bond acceptors (Lipinski definition) is 8. The van der Waals surface area contributed by atoms with Crippen molar-refractivity contribution in [2.45, 2.75) is 89.6 Å². The fraction of sp³-hybridized carbons (Fsp3) is 0.586. The van der Waals surface area contributed by atoms with Crippen LogP contribution in [0.15, 0.2) is 39.5 Å². The molecule has 200 valence electrons. The first-order valence-corrected chi connectivity index (χ1v) is 12.8. The molecule has 2 N–H and O–H groups in total. The molecule has 3 aliphatic rings. The lowest BCUT2D eigenvalue weighted by Gasteiger charge is -2.71. The van der Waals surface area contributed by atoms with Crippen molar-refractivity contribution in [3.63, 3.8) is 0 Å². The normalized spacial score (nSPS) is 35.8. The molecule has 37 heavy (non-hydrogen) atoms. The fourth-order valence-electron chi connectivity index (χ4n) is 7.39. The Bertz CT molecular complexity index is 1300. The van der Waals surface area contributed by atoms with Gasteiger partial charge < -0.3 is 28.8 Å². The molecule has 1 aromatic heterocycles. The number of carbonyl (C=O) groups is 1. The maximum absolute atomic E-state index is 13.2. The highest BCUT2D eigenvalue weighted by Gasteiger charge is 2.77. The first-order valence-electron chi connectivity index (χ1n) is 12.8. The van der Waals surface area contributed by atoms with Gasteiger partial charge in [0.25, 0.3) is 0 Å². The van der Waals surface area contributed by atoms with Crippen molar-refractivity contribution in [1.82, 2.24) is 0 Å². The van der Waals surface area contributed by atoms with Gasteiger partial charge in [-0.3, -0.25) is 4.79 Å². The Morgan fingerprint density at radius 2 is 1.70 bits per heavy atom. The van der Waals surface area contributed by atoms with Crippen LogP contribution in [0.1, 0.15) is 65.9 Å². The van der Waals surface area contributed by atoms with E-state index in [1.807, 2.05) is 27.7 Å². The summed E-state index contributed by atoms with van der Waals surface area (Å²) in [5.74, 6) is 1.04. The standard InChI is InChI=1S/C29H36O8/c1-17(30)35-23-11-12-26(4)28(32,25(23,2)3)14-13-27(5)29(26,33)16-20-22(37-27)15-21(36-24(20)31)18-7-9-19(34-6)10-8-18/h7-10,15,23,32-33H,11-14,16H2,1-6H3/t23-,26+,27-,28-,29+/m1/s1. The number of aliphatic hydroxyl groups is 2. The summed E-state index contributed by atoms with van der Waals surface area (Å²) in [6.45, 7) is 8.87. The zero-order valence-corrected chi connectivity index (χ0v) is 22.3. The predicted molar refractivity (Wildman–Crippen MR) is 136 cm³/mol. The minimum Gasteiger partial charge on any atom is -0.497 e. The Morgan fingerprint density at radius 3 is 2.32 bits per heavy atom. The van der Waals surface area contributed by atoms with Crippen molar-refractivity contribution < 1.29 is 33.6 Å². The molecular formula is C29H36O8. The van der Waals surface area contributed by atoms with Gasteiger partial charge in [-0.2, -0.15) is 0 Å². The average molecular weight is 513 g/mol. The largest absolute Gasteiger partial charge is 0.497 e. The Balaban J connectivity index is 1.58.